The zero-order valence-electron chi connectivity index (χ0n) is 11.7. The van der Waals surface area contributed by atoms with Gasteiger partial charge in [-0.25, -0.2) is 0 Å². The van der Waals surface area contributed by atoms with Gasteiger partial charge in [0.2, 0.25) is 0 Å². The van der Waals surface area contributed by atoms with Gasteiger partial charge in [0.15, 0.2) is 0 Å². The third kappa shape index (κ3) is 3.19. The van der Waals surface area contributed by atoms with Crippen molar-refractivity contribution in [2.24, 2.45) is 0 Å². The first-order valence-electron chi connectivity index (χ1n) is 6.48. The van der Waals surface area contributed by atoms with Crippen molar-refractivity contribution >= 4 is 79.4 Å². The van der Waals surface area contributed by atoms with Crippen LogP contribution in [0, 0.1) is 11.3 Å². The maximum absolute atomic E-state index is 12.6. The van der Waals surface area contributed by atoms with Gasteiger partial charge in [0.05, 0.1) is 21.3 Å². The van der Waals surface area contributed by atoms with Crippen LogP contribution < -0.4 is 5.32 Å². The molecule has 3 aromatic rings. The summed E-state index contributed by atoms with van der Waals surface area (Å²) in [5.74, 6) is -0.452. The van der Waals surface area contributed by atoms with Gasteiger partial charge in [-0.3, -0.25) is 4.79 Å². The fraction of sp³-hybridized carbons (Fsp3) is 0. The first kappa shape index (κ1) is 17.3. The van der Waals surface area contributed by atoms with Crippen molar-refractivity contribution in [2.75, 3.05) is 5.32 Å². The summed E-state index contributed by atoms with van der Waals surface area (Å²) in [4.78, 5) is 12.8. The van der Waals surface area contributed by atoms with E-state index in [1.54, 1.807) is 18.2 Å². The Labute approximate surface area is 161 Å². The molecule has 1 amide bonds. The molecule has 0 atom stereocenters. The van der Waals surface area contributed by atoms with Crippen LogP contribution >= 0.6 is 57.7 Å². The number of anilines is 1. The summed E-state index contributed by atoms with van der Waals surface area (Å²) in [7, 11) is 0. The Morgan fingerprint density at radius 2 is 1.83 bits per heavy atom. The summed E-state index contributed by atoms with van der Waals surface area (Å²) in [5.41, 5.74) is 0.610. The molecule has 0 unspecified atom stereocenters. The summed E-state index contributed by atoms with van der Waals surface area (Å²) < 4.78 is 0.703. The molecule has 0 aliphatic heterocycles. The summed E-state index contributed by atoms with van der Waals surface area (Å²) in [5, 5.41) is 13.8. The second-order valence-corrected chi connectivity index (χ2v) is 7.47. The molecule has 0 aliphatic rings. The van der Waals surface area contributed by atoms with Gasteiger partial charge in [-0.05, 0) is 30.3 Å². The van der Waals surface area contributed by atoms with E-state index in [1.807, 2.05) is 6.07 Å². The third-order valence-corrected chi connectivity index (χ3v) is 5.58. The van der Waals surface area contributed by atoms with E-state index in [0.717, 1.165) is 0 Å². The van der Waals surface area contributed by atoms with Crippen molar-refractivity contribution in [3.63, 3.8) is 0 Å². The minimum atomic E-state index is -0.452. The Bertz CT molecular complexity index is 1020. The van der Waals surface area contributed by atoms with E-state index in [-0.39, 0.29) is 9.90 Å². The van der Waals surface area contributed by atoms with Crippen LogP contribution in [0.25, 0.3) is 10.1 Å². The zero-order valence-corrected chi connectivity index (χ0v) is 15.5. The number of amides is 1. The molecule has 0 spiro atoms. The number of rotatable bonds is 2. The average molecular weight is 416 g/mol. The Morgan fingerprint density at radius 1 is 1.08 bits per heavy atom. The van der Waals surface area contributed by atoms with E-state index in [1.165, 1.54) is 23.5 Å². The van der Waals surface area contributed by atoms with Crippen molar-refractivity contribution in [3.05, 3.63) is 60.9 Å². The molecule has 8 heteroatoms. The van der Waals surface area contributed by atoms with Crippen LogP contribution in [0.15, 0.2) is 30.3 Å². The molecule has 0 aliphatic carbocycles. The molecule has 24 heavy (non-hydrogen) atoms. The number of carbonyl (C=O) groups is 1. The topological polar surface area (TPSA) is 52.9 Å². The maximum Gasteiger partial charge on any atom is 0.267 e. The number of halogens is 4. The van der Waals surface area contributed by atoms with Crippen LogP contribution in [0.1, 0.15) is 15.2 Å². The number of fused-ring (bicyclic) bond motifs is 1. The number of hydrogen-bond donors (Lipinski definition) is 1. The predicted molar refractivity (Wildman–Crippen MR) is 101 cm³/mol. The lowest BCUT2D eigenvalue weighted by Gasteiger charge is -2.06. The van der Waals surface area contributed by atoms with E-state index in [0.29, 0.717) is 36.4 Å². The Balaban J connectivity index is 2.04. The van der Waals surface area contributed by atoms with E-state index < -0.39 is 5.91 Å². The molecule has 0 radical (unpaired) electrons. The zero-order chi connectivity index (χ0) is 17.4. The van der Waals surface area contributed by atoms with Gasteiger partial charge in [-0.2, -0.15) is 5.26 Å². The molecule has 0 bridgehead atoms. The fourth-order valence-electron chi connectivity index (χ4n) is 2.15. The molecular formula is C16H6Cl4N2OS. The SMILES string of the molecule is N#Cc1ccc(Cl)cc1NC(=O)c1sc2cc(Cl)cc(Cl)c2c1Cl. The highest BCUT2D eigenvalue weighted by atomic mass is 35.5. The van der Waals surface area contributed by atoms with Crippen LogP contribution in [-0.4, -0.2) is 5.91 Å². The van der Waals surface area contributed by atoms with Gasteiger partial charge in [0.1, 0.15) is 10.9 Å². The van der Waals surface area contributed by atoms with Crippen molar-refractivity contribution in [3.8, 4) is 6.07 Å². The quantitative estimate of drug-likeness (QED) is 0.509. The van der Waals surface area contributed by atoms with Crippen LogP contribution in [0.4, 0.5) is 5.69 Å². The smallest absolute Gasteiger partial charge is 0.267 e. The van der Waals surface area contributed by atoms with Crippen molar-refractivity contribution in [1.29, 1.82) is 5.26 Å². The maximum atomic E-state index is 12.6. The van der Waals surface area contributed by atoms with E-state index >= 15 is 0 Å². The second kappa shape index (κ2) is 6.79. The van der Waals surface area contributed by atoms with Gasteiger partial charge in [0, 0.05) is 20.1 Å². The van der Waals surface area contributed by atoms with Crippen LogP contribution in [0.2, 0.25) is 20.1 Å². The number of hydrogen-bond acceptors (Lipinski definition) is 3. The van der Waals surface area contributed by atoms with Gasteiger partial charge in [0.25, 0.3) is 5.91 Å². The number of carbonyl (C=O) groups excluding carboxylic acids is 1. The van der Waals surface area contributed by atoms with Gasteiger partial charge in [-0.1, -0.05) is 46.4 Å². The number of nitrogens with one attached hydrogen (secondary N) is 1. The molecule has 1 N–H and O–H groups in total. The fourth-order valence-corrected chi connectivity index (χ4v) is 4.60. The van der Waals surface area contributed by atoms with Gasteiger partial charge in [-0.15, -0.1) is 11.3 Å². The summed E-state index contributed by atoms with van der Waals surface area (Å²) >= 11 is 25.5. The van der Waals surface area contributed by atoms with Crippen molar-refractivity contribution in [2.45, 2.75) is 0 Å². The van der Waals surface area contributed by atoms with Crippen LogP contribution in [0.3, 0.4) is 0 Å². The summed E-state index contributed by atoms with van der Waals surface area (Å²) in [6.45, 7) is 0. The second-order valence-electron chi connectivity index (χ2n) is 4.76. The monoisotopic (exact) mass is 414 g/mol. The molecule has 0 saturated heterocycles. The Kier molecular flexibility index (Phi) is 4.91. The highest BCUT2D eigenvalue weighted by Crippen LogP contribution is 2.41. The minimum Gasteiger partial charge on any atom is -0.320 e. The number of nitrogens with zero attached hydrogens (tertiary/aromatic N) is 1. The van der Waals surface area contributed by atoms with Crippen molar-refractivity contribution in [1.82, 2.24) is 0 Å². The molecule has 120 valence electrons. The van der Waals surface area contributed by atoms with Crippen LogP contribution in [-0.2, 0) is 0 Å². The molecule has 0 saturated carbocycles. The van der Waals surface area contributed by atoms with E-state index in [4.69, 9.17) is 51.7 Å². The summed E-state index contributed by atoms with van der Waals surface area (Å²) in [6, 6.07) is 9.86. The molecule has 1 heterocycles. The lowest BCUT2D eigenvalue weighted by molar-refractivity contribution is 0.103. The van der Waals surface area contributed by atoms with Gasteiger partial charge >= 0.3 is 0 Å². The normalized spacial score (nSPS) is 10.6. The van der Waals surface area contributed by atoms with E-state index in [2.05, 4.69) is 5.32 Å². The molecule has 0 fully saturated rings. The number of benzene rings is 2. The number of nitriles is 1. The highest BCUT2D eigenvalue weighted by Gasteiger charge is 2.20. The average Bonchev–Trinajstić information content (AvgIpc) is 2.84. The standard InChI is InChI=1S/C16H6Cl4N2OS/c17-8-2-1-7(6-21)11(4-8)22-16(23)15-14(20)13-10(19)3-9(18)5-12(13)24-15/h1-5H,(H,22,23). The molecule has 2 aromatic carbocycles. The lowest BCUT2D eigenvalue weighted by atomic mass is 10.2. The predicted octanol–water partition coefficient (Wildman–Crippen LogP) is 6.64. The largest absolute Gasteiger partial charge is 0.320 e. The molecule has 1 aromatic heterocycles. The molecule has 3 nitrogen and oxygen atoms in total. The highest BCUT2D eigenvalue weighted by molar-refractivity contribution is 7.21. The third-order valence-electron chi connectivity index (χ3n) is 3.21. The first-order chi connectivity index (χ1) is 11.4. The minimum absolute atomic E-state index is 0.245. The molecular weight excluding hydrogens is 410 g/mol. The Hall–Kier alpha value is -1.48. The van der Waals surface area contributed by atoms with E-state index in [9.17, 15) is 4.79 Å². The Morgan fingerprint density at radius 3 is 2.54 bits per heavy atom. The summed E-state index contributed by atoms with van der Waals surface area (Å²) in [6.07, 6.45) is 0. The first-order valence-corrected chi connectivity index (χ1v) is 8.81. The van der Waals surface area contributed by atoms with Gasteiger partial charge < -0.3 is 5.32 Å². The van der Waals surface area contributed by atoms with Crippen molar-refractivity contribution < 1.29 is 4.79 Å². The lowest BCUT2D eigenvalue weighted by Crippen LogP contribution is -2.11. The number of thiophene rings is 1. The molecule has 3 rings (SSSR count). The van der Waals surface area contributed by atoms with Crippen LogP contribution in [0.5, 0.6) is 0 Å².